The Kier molecular flexibility index (Phi) is 4.26. The van der Waals surface area contributed by atoms with Crippen molar-refractivity contribution in [3.63, 3.8) is 0 Å². The molecule has 1 fully saturated rings. The lowest BCUT2D eigenvalue weighted by Crippen LogP contribution is -2.55. The van der Waals surface area contributed by atoms with Crippen LogP contribution < -0.4 is 5.73 Å². The summed E-state index contributed by atoms with van der Waals surface area (Å²) in [6.45, 7) is 7.97. The first kappa shape index (κ1) is 13.5. The third-order valence-electron chi connectivity index (χ3n) is 3.56. The highest BCUT2D eigenvalue weighted by atomic mass is 79.9. The lowest BCUT2D eigenvalue weighted by atomic mass is 9.88. The van der Waals surface area contributed by atoms with Crippen molar-refractivity contribution in [2.75, 3.05) is 26.3 Å². The molecule has 0 aromatic carbocycles. The molecule has 0 amide bonds. The Morgan fingerprint density at radius 1 is 1.41 bits per heavy atom. The zero-order chi connectivity index (χ0) is 12.5. The molecule has 1 unspecified atom stereocenters. The Balaban J connectivity index is 2.16. The number of ether oxygens (including phenoxy) is 1. The maximum absolute atomic E-state index is 6.44. The van der Waals surface area contributed by atoms with Crippen LogP contribution in [0.2, 0.25) is 0 Å². The van der Waals surface area contributed by atoms with Gasteiger partial charge < -0.3 is 10.5 Å². The number of morpholine rings is 1. The lowest BCUT2D eigenvalue weighted by Gasteiger charge is -2.44. The zero-order valence-electron chi connectivity index (χ0n) is 10.3. The molecule has 0 spiro atoms. The molecule has 0 bridgehead atoms. The van der Waals surface area contributed by atoms with Gasteiger partial charge >= 0.3 is 0 Å². The third kappa shape index (κ3) is 2.74. The van der Waals surface area contributed by atoms with Gasteiger partial charge in [-0.1, -0.05) is 0 Å². The van der Waals surface area contributed by atoms with Crippen LogP contribution in [0.4, 0.5) is 0 Å². The van der Waals surface area contributed by atoms with Gasteiger partial charge in [0.2, 0.25) is 0 Å². The summed E-state index contributed by atoms with van der Waals surface area (Å²) in [7, 11) is 0. The van der Waals surface area contributed by atoms with E-state index in [-0.39, 0.29) is 11.6 Å². The van der Waals surface area contributed by atoms with E-state index in [0.717, 1.165) is 30.8 Å². The summed E-state index contributed by atoms with van der Waals surface area (Å²) in [5, 5.41) is 4.22. The molecule has 0 aliphatic carbocycles. The Hall–Kier alpha value is 0.0600. The Morgan fingerprint density at radius 3 is 2.59 bits per heavy atom. The van der Waals surface area contributed by atoms with Crippen LogP contribution >= 0.6 is 27.3 Å². The number of nitrogens with two attached hydrogens (primary N) is 1. The minimum absolute atomic E-state index is 0.0150. The van der Waals surface area contributed by atoms with Gasteiger partial charge in [0, 0.05) is 34.5 Å². The molecule has 2 N–H and O–H groups in total. The summed E-state index contributed by atoms with van der Waals surface area (Å²) in [4.78, 5) is 2.42. The van der Waals surface area contributed by atoms with E-state index in [1.165, 1.54) is 5.56 Å². The van der Waals surface area contributed by atoms with Crippen molar-refractivity contribution in [2.24, 2.45) is 5.73 Å². The van der Waals surface area contributed by atoms with Gasteiger partial charge in [-0.25, -0.2) is 0 Å². The quantitative estimate of drug-likeness (QED) is 0.931. The van der Waals surface area contributed by atoms with Crippen LogP contribution in [0.3, 0.4) is 0 Å². The van der Waals surface area contributed by atoms with Crippen molar-refractivity contribution >= 4 is 27.3 Å². The molecule has 1 aliphatic rings. The van der Waals surface area contributed by atoms with E-state index in [9.17, 15) is 0 Å². The fourth-order valence-corrected chi connectivity index (χ4v) is 3.81. The van der Waals surface area contributed by atoms with E-state index >= 15 is 0 Å². The van der Waals surface area contributed by atoms with Crippen LogP contribution in [0.25, 0.3) is 0 Å². The van der Waals surface area contributed by atoms with Crippen molar-refractivity contribution in [3.05, 3.63) is 20.8 Å². The molecular formula is C12H19BrN2OS. The van der Waals surface area contributed by atoms with Crippen LogP contribution in [0.15, 0.2) is 15.2 Å². The van der Waals surface area contributed by atoms with E-state index in [2.05, 4.69) is 45.4 Å². The topological polar surface area (TPSA) is 38.5 Å². The molecule has 96 valence electrons. The summed E-state index contributed by atoms with van der Waals surface area (Å²) in [5.74, 6) is 0. The van der Waals surface area contributed by atoms with Crippen molar-refractivity contribution in [2.45, 2.75) is 25.4 Å². The summed E-state index contributed by atoms with van der Waals surface area (Å²) in [5.41, 5.74) is 7.60. The standard InChI is InChI=1S/C12H19BrN2OS/c1-12(2,15-3-5-16-6-4-15)11(14)9-7-17-8-10(9)13/h7-8,11H,3-6,14H2,1-2H3. The van der Waals surface area contributed by atoms with E-state index in [0.29, 0.717) is 0 Å². The fraction of sp³-hybridized carbons (Fsp3) is 0.667. The predicted molar refractivity (Wildman–Crippen MR) is 75.4 cm³/mol. The minimum Gasteiger partial charge on any atom is -0.379 e. The zero-order valence-corrected chi connectivity index (χ0v) is 12.7. The molecule has 1 aromatic rings. The SMILES string of the molecule is CC(C)(C(N)c1cscc1Br)N1CCOCC1. The van der Waals surface area contributed by atoms with Gasteiger partial charge in [-0.3, -0.25) is 4.90 Å². The highest BCUT2D eigenvalue weighted by molar-refractivity contribution is 9.10. The van der Waals surface area contributed by atoms with Gasteiger partial charge in [-0.2, -0.15) is 11.3 Å². The molecule has 2 heterocycles. The summed E-state index contributed by atoms with van der Waals surface area (Å²) in [6.07, 6.45) is 0. The molecule has 5 heteroatoms. The molecule has 2 rings (SSSR count). The molecule has 0 radical (unpaired) electrons. The van der Waals surface area contributed by atoms with E-state index < -0.39 is 0 Å². The summed E-state index contributed by atoms with van der Waals surface area (Å²) < 4.78 is 6.52. The van der Waals surface area contributed by atoms with E-state index in [1.807, 2.05) is 0 Å². The van der Waals surface area contributed by atoms with Gasteiger partial charge in [0.15, 0.2) is 0 Å². The highest BCUT2D eigenvalue weighted by Gasteiger charge is 2.35. The number of nitrogens with zero attached hydrogens (tertiary/aromatic N) is 1. The number of hydrogen-bond acceptors (Lipinski definition) is 4. The first-order chi connectivity index (χ1) is 8.03. The largest absolute Gasteiger partial charge is 0.379 e. The van der Waals surface area contributed by atoms with Gasteiger partial charge in [0.1, 0.15) is 0 Å². The number of thiophene rings is 1. The Morgan fingerprint density at radius 2 is 2.06 bits per heavy atom. The maximum atomic E-state index is 6.44. The van der Waals surface area contributed by atoms with Crippen molar-refractivity contribution in [3.8, 4) is 0 Å². The van der Waals surface area contributed by atoms with Crippen LogP contribution in [0, 0.1) is 0 Å². The van der Waals surface area contributed by atoms with Gasteiger partial charge in [-0.05, 0) is 40.7 Å². The fourth-order valence-electron chi connectivity index (χ4n) is 2.23. The molecule has 17 heavy (non-hydrogen) atoms. The average Bonchev–Trinajstić information content (AvgIpc) is 2.75. The highest BCUT2D eigenvalue weighted by Crippen LogP contribution is 2.35. The lowest BCUT2D eigenvalue weighted by molar-refractivity contribution is -0.0190. The Labute approximate surface area is 115 Å². The van der Waals surface area contributed by atoms with Crippen LogP contribution in [-0.2, 0) is 4.74 Å². The Bertz CT molecular complexity index is 374. The molecule has 1 atom stereocenters. The van der Waals surface area contributed by atoms with Crippen LogP contribution in [-0.4, -0.2) is 36.7 Å². The second-order valence-electron chi connectivity index (χ2n) is 4.91. The molecule has 3 nitrogen and oxygen atoms in total. The van der Waals surface area contributed by atoms with Gasteiger partial charge in [0.05, 0.1) is 13.2 Å². The second kappa shape index (κ2) is 5.36. The predicted octanol–water partition coefficient (Wildman–Crippen LogP) is 2.62. The molecular weight excluding hydrogens is 300 g/mol. The van der Waals surface area contributed by atoms with Gasteiger partial charge in [-0.15, -0.1) is 0 Å². The van der Waals surface area contributed by atoms with Crippen molar-refractivity contribution in [1.29, 1.82) is 0 Å². The molecule has 1 aliphatic heterocycles. The van der Waals surface area contributed by atoms with E-state index in [1.54, 1.807) is 11.3 Å². The third-order valence-corrected chi connectivity index (χ3v) is 5.32. The van der Waals surface area contributed by atoms with Crippen LogP contribution in [0.5, 0.6) is 0 Å². The monoisotopic (exact) mass is 318 g/mol. The molecule has 1 aromatic heterocycles. The first-order valence-electron chi connectivity index (χ1n) is 5.83. The molecule has 0 saturated carbocycles. The van der Waals surface area contributed by atoms with Gasteiger partial charge in [0.25, 0.3) is 0 Å². The van der Waals surface area contributed by atoms with E-state index in [4.69, 9.17) is 10.5 Å². The average molecular weight is 319 g/mol. The summed E-state index contributed by atoms with van der Waals surface area (Å²) in [6, 6.07) is 0.0150. The summed E-state index contributed by atoms with van der Waals surface area (Å²) >= 11 is 5.26. The maximum Gasteiger partial charge on any atom is 0.0594 e. The number of hydrogen-bond donors (Lipinski definition) is 1. The second-order valence-corrected chi connectivity index (χ2v) is 6.50. The van der Waals surface area contributed by atoms with Crippen LogP contribution in [0.1, 0.15) is 25.5 Å². The number of halogens is 1. The first-order valence-corrected chi connectivity index (χ1v) is 7.57. The number of rotatable bonds is 3. The minimum atomic E-state index is -0.0482. The van der Waals surface area contributed by atoms with Crippen molar-refractivity contribution < 1.29 is 4.74 Å². The smallest absolute Gasteiger partial charge is 0.0594 e. The molecule has 1 saturated heterocycles. The normalized spacial score (nSPS) is 20.5. The van der Waals surface area contributed by atoms with Crippen molar-refractivity contribution in [1.82, 2.24) is 4.90 Å².